The summed E-state index contributed by atoms with van der Waals surface area (Å²) in [6.45, 7) is 4.27. The van der Waals surface area contributed by atoms with Crippen LogP contribution in [0, 0.1) is 11.6 Å². The Balaban J connectivity index is 1.74. The molecule has 1 N–H and O–H groups in total. The van der Waals surface area contributed by atoms with E-state index in [1.54, 1.807) is 12.1 Å². The number of halogens is 2. The Morgan fingerprint density at radius 3 is 2.56 bits per heavy atom. The average molecular weight is 346 g/mol. The van der Waals surface area contributed by atoms with Crippen molar-refractivity contribution in [3.8, 4) is 5.75 Å². The molecular weight excluding hydrogens is 322 g/mol. The van der Waals surface area contributed by atoms with Gasteiger partial charge < -0.3 is 15.0 Å². The number of ether oxygens (including phenoxy) is 1. The van der Waals surface area contributed by atoms with Crippen LogP contribution in [0.3, 0.4) is 0 Å². The molecular formula is C20H24F2N2O. The monoisotopic (exact) mass is 346 g/mol. The second kappa shape index (κ2) is 7.83. The fourth-order valence-electron chi connectivity index (χ4n) is 3.30. The van der Waals surface area contributed by atoms with Gasteiger partial charge in [-0.15, -0.1) is 0 Å². The highest BCUT2D eigenvalue weighted by Gasteiger charge is 2.19. The van der Waals surface area contributed by atoms with Crippen molar-refractivity contribution in [1.82, 2.24) is 5.32 Å². The first-order chi connectivity index (χ1) is 12.1. The fourth-order valence-corrected chi connectivity index (χ4v) is 3.30. The molecule has 5 heteroatoms. The van der Waals surface area contributed by atoms with Crippen molar-refractivity contribution in [3.05, 3.63) is 59.2 Å². The van der Waals surface area contributed by atoms with Crippen LogP contribution in [0.4, 0.5) is 14.5 Å². The predicted molar refractivity (Wildman–Crippen MR) is 96.1 cm³/mol. The summed E-state index contributed by atoms with van der Waals surface area (Å²) >= 11 is 0. The number of anilines is 1. The van der Waals surface area contributed by atoms with Gasteiger partial charge in [-0.25, -0.2) is 8.78 Å². The molecule has 0 aromatic heterocycles. The Bertz CT molecular complexity index is 730. The van der Waals surface area contributed by atoms with Crippen molar-refractivity contribution in [2.24, 2.45) is 0 Å². The third kappa shape index (κ3) is 3.93. The van der Waals surface area contributed by atoms with Crippen LogP contribution in [-0.2, 0) is 6.54 Å². The quantitative estimate of drug-likeness (QED) is 0.838. The van der Waals surface area contributed by atoms with Gasteiger partial charge in [0.15, 0.2) is 11.6 Å². The second-order valence-electron chi connectivity index (χ2n) is 6.43. The van der Waals surface area contributed by atoms with E-state index in [9.17, 15) is 8.78 Å². The lowest BCUT2D eigenvalue weighted by Gasteiger charge is -2.23. The molecule has 1 atom stereocenters. The number of benzene rings is 2. The summed E-state index contributed by atoms with van der Waals surface area (Å²) in [6, 6.07) is 10.0. The zero-order chi connectivity index (χ0) is 17.8. The lowest BCUT2D eigenvalue weighted by atomic mass is 10.1. The van der Waals surface area contributed by atoms with Gasteiger partial charge in [0.25, 0.3) is 0 Å². The molecule has 2 aromatic rings. The first-order valence-electron chi connectivity index (χ1n) is 8.69. The number of methoxy groups -OCH3 is 1. The minimum Gasteiger partial charge on any atom is -0.494 e. The number of nitrogens with one attached hydrogen (secondary N) is 1. The van der Waals surface area contributed by atoms with Crippen molar-refractivity contribution < 1.29 is 13.5 Å². The molecule has 1 aliphatic rings. The maximum Gasteiger partial charge on any atom is 0.165 e. The fraction of sp³-hybridized carbons (Fsp3) is 0.400. The molecule has 25 heavy (non-hydrogen) atoms. The normalized spacial score (nSPS) is 15.4. The topological polar surface area (TPSA) is 24.5 Å². The Labute approximate surface area is 147 Å². The summed E-state index contributed by atoms with van der Waals surface area (Å²) in [5.74, 6) is -0.372. The molecule has 3 rings (SSSR count). The average Bonchev–Trinajstić information content (AvgIpc) is 3.14. The van der Waals surface area contributed by atoms with E-state index < -0.39 is 5.82 Å². The van der Waals surface area contributed by atoms with Crippen molar-refractivity contribution >= 4 is 5.69 Å². The maximum atomic E-state index is 14.4. The first-order valence-corrected chi connectivity index (χ1v) is 8.69. The Morgan fingerprint density at radius 2 is 1.88 bits per heavy atom. The highest BCUT2D eigenvalue weighted by atomic mass is 19.1. The molecule has 0 saturated carbocycles. The van der Waals surface area contributed by atoms with Crippen LogP contribution in [0.2, 0.25) is 0 Å². The smallest absolute Gasteiger partial charge is 0.165 e. The van der Waals surface area contributed by atoms with Crippen molar-refractivity contribution in [1.29, 1.82) is 0 Å². The molecule has 1 saturated heterocycles. The predicted octanol–water partition coefficient (Wildman–Crippen LogP) is 4.42. The van der Waals surface area contributed by atoms with E-state index in [-0.39, 0.29) is 17.6 Å². The van der Waals surface area contributed by atoms with Crippen LogP contribution in [0.5, 0.6) is 5.75 Å². The second-order valence-corrected chi connectivity index (χ2v) is 6.43. The van der Waals surface area contributed by atoms with E-state index in [0.717, 1.165) is 37.2 Å². The van der Waals surface area contributed by atoms with Crippen LogP contribution in [0.1, 0.15) is 36.9 Å². The molecule has 1 unspecified atom stereocenters. The van der Waals surface area contributed by atoms with Gasteiger partial charge >= 0.3 is 0 Å². The summed E-state index contributed by atoms with van der Waals surface area (Å²) in [7, 11) is 1.44. The van der Waals surface area contributed by atoms with Gasteiger partial charge in [0.2, 0.25) is 0 Å². The zero-order valence-electron chi connectivity index (χ0n) is 14.7. The molecule has 3 nitrogen and oxygen atoms in total. The summed E-state index contributed by atoms with van der Waals surface area (Å²) in [6.07, 6.45) is 2.29. The van der Waals surface area contributed by atoms with Gasteiger partial charge in [-0.2, -0.15) is 0 Å². The van der Waals surface area contributed by atoms with Crippen molar-refractivity contribution in [2.45, 2.75) is 32.4 Å². The largest absolute Gasteiger partial charge is 0.494 e. The molecule has 1 aliphatic heterocycles. The van der Waals surface area contributed by atoms with Gasteiger partial charge in [-0.3, -0.25) is 0 Å². The van der Waals surface area contributed by atoms with E-state index in [2.05, 4.69) is 10.2 Å². The summed E-state index contributed by atoms with van der Waals surface area (Å²) in [5.41, 5.74) is 2.43. The third-order valence-electron chi connectivity index (χ3n) is 4.80. The third-order valence-corrected chi connectivity index (χ3v) is 4.80. The van der Waals surface area contributed by atoms with Crippen LogP contribution >= 0.6 is 0 Å². The zero-order valence-corrected chi connectivity index (χ0v) is 14.7. The standard InChI is InChI=1S/C20H24F2N2O/c1-14(15-8-9-20(25-2)18(22)12-15)23-13-16-17(21)6-5-7-19(16)24-10-3-4-11-24/h5-9,12,14,23H,3-4,10-11,13H2,1-2H3. The summed E-state index contributed by atoms with van der Waals surface area (Å²) < 4.78 is 33.2. The van der Waals surface area contributed by atoms with Crippen molar-refractivity contribution in [3.63, 3.8) is 0 Å². The maximum absolute atomic E-state index is 14.4. The van der Waals surface area contributed by atoms with Gasteiger partial charge in [0.05, 0.1) is 7.11 Å². The minimum absolute atomic E-state index is 0.105. The first kappa shape index (κ1) is 17.7. The van der Waals surface area contributed by atoms with Gasteiger partial charge in [0, 0.05) is 36.9 Å². The molecule has 2 aromatic carbocycles. The number of hydrogen-bond acceptors (Lipinski definition) is 3. The Morgan fingerprint density at radius 1 is 1.12 bits per heavy atom. The lowest BCUT2D eigenvalue weighted by molar-refractivity contribution is 0.385. The molecule has 0 bridgehead atoms. The minimum atomic E-state index is -0.391. The molecule has 0 aliphatic carbocycles. The SMILES string of the molecule is COc1ccc(C(C)NCc2c(F)cccc2N2CCCC2)cc1F. The lowest BCUT2D eigenvalue weighted by Crippen LogP contribution is -2.24. The molecule has 1 heterocycles. The van der Waals surface area contributed by atoms with Crippen LogP contribution in [0.15, 0.2) is 36.4 Å². The number of hydrogen-bond donors (Lipinski definition) is 1. The van der Waals surface area contributed by atoms with E-state index in [1.165, 1.54) is 19.2 Å². The van der Waals surface area contributed by atoms with E-state index >= 15 is 0 Å². The molecule has 134 valence electrons. The molecule has 1 fully saturated rings. The Hall–Kier alpha value is -2.14. The van der Waals surface area contributed by atoms with Crippen LogP contribution in [0.25, 0.3) is 0 Å². The van der Waals surface area contributed by atoms with Crippen LogP contribution in [-0.4, -0.2) is 20.2 Å². The summed E-state index contributed by atoms with van der Waals surface area (Å²) in [5, 5.41) is 3.31. The number of rotatable bonds is 6. The molecule has 0 radical (unpaired) electrons. The summed E-state index contributed by atoms with van der Waals surface area (Å²) in [4.78, 5) is 2.23. The number of nitrogens with zero attached hydrogens (tertiary/aromatic N) is 1. The highest BCUT2D eigenvalue weighted by Crippen LogP contribution is 2.28. The van der Waals surface area contributed by atoms with E-state index in [4.69, 9.17) is 4.74 Å². The van der Waals surface area contributed by atoms with Gasteiger partial charge in [0.1, 0.15) is 5.82 Å². The highest BCUT2D eigenvalue weighted by molar-refractivity contribution is 5.55. The van der Waals surface area contributed by atoms with E-state index in [0.29, 0.717) is 12.1 Å². The Kier molecular flexibility index (Phi) is 5.53. The van der Waals surface area contributed by atoms with Crippen LogP contribution < -0.4 is 15.0 Å². The van der Waals surface area contributed by atoms with Gasteiger partial charge in [-0.05, 0) is 49.6 Å². The molecule has 0 amide bonds. The van der Waals surface area contributed by atoms with Crippen molar-refractivity contribution in [2.75, 3.05) is 25.1 Å². The van der Waals surface area contributed by atoms with E-state index in [1.807, 2.05) is 19.1 Å². The van der Waals surface area contributed by atoms with Gasteiger partial charge in [-0.1, -0.05) is 12.1 Å². The molecule has 0 spiro atoms.